The van der Waals surface area contributed by atoms with Crippen LogP contribution in [0.2, 0.25) is 0 Å². The molecule has 2 N–H and O–H groups in total. The molecule has 11 heteroatoms. The number of hydrogen-bond acceptors (Lipinski definition) is 6. The molecular weight excluding hydrogens is 401 g/mol. The van der Waals surface area contributed by atoms with E-state index in [0.717, 1.165) is 12.1 Å². The zero-order chi connectivity index (χ0) is 21.6. The van der Waals surface area contributed by atoms with Gasteiger partial charge in [-0.15, -0.1) is 0 Å². The van der Waals surface area contributed by atoms with E-state index in [-0.39, 0.29) is 36.4 Å². The molecular formula is C19H19F3N6O2. The van der Waals surface area contributed by atoms with Crippen molar-refractivity contribution < 1.29 is 22.8 Å². The summed E-state index contributed by atoms with van der Waals surface area (Å²) < 4.78 is 39.6. The number of nitrogens with zero attached hydrogens (tertiary/aromatic N) is 4. The number of nitrogens with one attached hydrogen (secondary N) is 2. The third kappa shape index (κ3) is 3.74. The zero-order valence-corrected chi connectivity index (χ0v) is 16.3. The van der Waals surface area contributed by atoms with Crippen LogP contribution in [0.3, 0.4) is 0 Å². The summed E-state index contributed by atoms with van der Waals surface area (Å²) >= 11 is 0. The number of likely N-dealkylation sites (N-methyl/N-ethyl adjacent to an activating group) is 1. The Balaban J connectivity index is 1.36. The Morgan fingerprint density at radius 1 is 1.23 bits per heavy atom. The lowest BCUT2D eigenvalue weighted by Gasteiger charge is -2.40. The van der Waals surface area contributed by atoms with Crippen LogP contribution >= 0.6 is 0 Å². The predicted molar refractivity (Wildman–Crippen MR) is 103 cm³/mol. The summed E-state index contributed by atoms with van der Waals surface area (Å²) in [5, 5.41) is 5.91. The number of fused-ring (bicyclic) bond motifs is 1. The van der Waals surface area contributed by atoms with Crippen molar-refractivity contribution in [2.75, 3.05) is 42.2 Å². The highest BCUT2D eigenvalue weighted by Gasteiger charge is 2.32. The predicted octanol–water partition coefficient (Wildman–Crippen LogP) is 1.46. The van der Waals surface area contributed by atoms with Gasteiger partial charge in [0.15, 0.2) is 23.3 Å². The van der Waals surface area contributed by atoms with Crippen molar-refractivity contribution in [2.45, 2.75) is 19.4 Å². The minimum Gasteiger partial charge on any atom is -0.348 e. The van der Waals surface area contributed by atoms with Gasteiger partial charge >= 0.3 is 0 Å². The number of likely N-dealkylation sites (tertiary alicyclic amines) is 1. The fraction of sp³-hybridized carbons (Fsp3) is 0.368. The van der Waals surface area contributed by atoms with Gasteiger partial charge in [0.05, 0.1) is 24.7 Å². The Bertz CT molecular complexity index is 1020. The first kappa shape index (κ1) is 19.9. The van der Waals surface area contributed by atoms with Crippen LogP contribution in [0, 0.1) is 24.4 Å². The maximum Gasteiger partial charge on any atom is 0.244 e. The van der Waals surface area contributed by atoms with Crippen LogP contribution in [0.5, 0.6) is 0 Å². The summed E-state index contributed by atoms with van der Waals surface area (Å²) in [7, 11) is 1.76. The van der Waals surface area contributed by atoms with Gasteiger partial charge < -0.3 is 20.4 Å². The van der Waals surface area contributed by atoms with Gasteiger partial charge in [-0.3, -0.25) is 9.59 Å². The van der Waals surface area contributed by atoms with E-state index in [9.17, 15) is 22.8 Å². The molecule has 2 aromatic rings. The van der Waals surface area contributed by atoms with Crippen molar-refractivity contribution >= 4 is 29.3 Å². The quantitative estimate of drug-likeness (QED) is 0.728. The zero-order valence-electron chi connectivity index (χ0n) is 16.3. The number of anilines is 3. The molecule has 8 nitrogen and oxygen atoms in total. The number of benzene rings is 1. The Kier molecular flexibility index (Phi) is 4.96. The van der Waals surface area contributed by atoms with Crippen LogP contribution in [-0.4, -0.2) is 59.4 Å². The molecule has 158 valence electrons. The molecule has 1 aromatic heterocycles. The highest BCUT2D eigenvalue weighted by molar-refractivity contribution is 6.00. The van der Waals surface area contributed by atoms with Crippen molar-refractivity contribution in [1.82, 2.24) is 14.9 Å². The normalized spacial score (nSPS) is 16.1. The summed E-state index contributed by atoms with van der Waals surface area (Å²) in [6.45, 7) is 2.70. The summed E-state index contributed by atoms with van der Waals surface area (Å²) in [6, 6.07) is 1.56. The van der Waals surface area contributed by atoms with Gasteiger partial charge in [0.1, 0.15) is 5.69 Å². The number of carbonyl (C=O) groups is 2. The van der Waals surface area contributed by atoms with E-state index in [2.05, 4.69) is 20.6 Å². The molecule has 2 amide bonds. The number of aryl methyl sites for hydroxylation is 1. The Morgan fingerprint density at radius 3 is 2.57 bits per heavy atom. The minimum absolute atomic E-state index is 0.0755. The highest BCUT2D eigenvalue weighted by Crippen LogP contribution is 2.30. The van der Waals surface area contributed by atoms with E-state index in [4.69, 9.17) is 0 Å². The van der Waals surface area contributed by atoms with E-state index in [1.54, 1.807) is 18.9 Å². The van der Waals surface area contributed by atoms with E-state index in [0.29, 0.717) is 36.2 Å². The molecule has 4 rings (SSSR count). The van der Waals surface area contributed by atoms with E-state index in [1.807, 2.05) is 0 Å². The molecule has 1 saturated heterocycles. The standard InChI is InChI=1S/C19H19F3N6O2/c1-9-17-18(27(2)8-14(29)25-17)26-19(23-9)24-11-6-28(7-11)15(30)5-10-3-12(20)16(22)13(21)4-10/h3-4,11H,5-8H2,1-2H3,(H,25,29)(H,23,24,26). The third-order valence-corrected chi connectivity index (χ3v) is 5.04. The lowest BCUT2D eigenvalue weighted by Crippen LogP contribution is -2.57. The molecule has 0 bridgehead atoms. The molecule has 2 aliphatic heterocycles. The van der Waals surface area contributed by atoms with Crippen molar-refractivity contribution in [3.63, 3.8) is 0 Å². The first-order chi connectivity index (χ1) is 14.2. The van der Waals surface area contributed by atoms with Crippen molar-refractivity contribution in [3.05, 3.63) is 40.8 Å². The molecule has 1 fully saturated rings. The van der Waals surface area contributed by atoms with Crippen LogP contribution in [0.15, 0.2) is 12.1 Å². The topological polar surface area (TPSA) is 90.5 Å². The largest absolute Gasteiger partial charge is 0.348 e. The molecule has 2 aliphatic rings. The van der Waals surface area contributed by atoms with Crippen molar-refractivity contribution in [1.29, 1.82) is 0 Å². The third-order valence-electron chi connectivity index (χ3n) is 5.04. The summed E-state index contributed by atoms with van der Waals surface area (Å²) in [4.78, 5) is 36.0. The first-order valence-electron chi connectivity index (χ1n) is 9.28. The number of carbonyl (C=O) groups excluding carboxylic acids is 2. The number of halogens is 3. The van der Waals surface area contributed by atoms with Gasteiger partial charge in [0, 0.05) is 20.1 Å². The maximum atomic E-state index is 13.3. The highest BCUT2D eigenvalue weighted by atomic mass is 19.2. The van der Waals surface area contributed by atoms with Crippen LogP contribution in [-0.2, 0) is 16.0 Å². The molecule has 0 saturated carbocycles. The fourth-order valence-electron chi connectivity index (χ4n) is 3.47. The first-order valence-corrected chi connectivity index (χ1v) is 9.28. The fourth-order valence-corrected chi connectivity index (χ4v) is 3.47. The molecule has 0 aliphatic carbocycles. The van der Waals surface area contributed by atoms with Crippen LogP contribution in [0.25, 0.3) is 0 Å². The Hall–Kier alpha value is -3.37. The molecule has 0 unspecified atom stereocenters. The Labute approximate surface area is 170 Å². The van der Waals surface area contributed by atoms with Gasteiger partial charge in [-0.1, -0.05) is 0 Å². The summed E-state index contributed by atoms with van der Waals surface area (Å²) in [5.74, 6) is -3.64. The van der Waals surface area contributed by atoms with Gasteiger partial charge in [0.2, 0.25) is 17.8 Å². The van der Waals surface area contributed by atoms with Crippen molar-refractivity contribution in [2.24, 2.45) is 0 Å². The maximum absolute atomic E-state index is 13.3. The number of aromatic nitrogens is 2. The van der Waals surface area contributed by atoms with E-state index >= 15 is 0 Å². The number of amides is 2. The van der Waals surface area contributed by atoms with Crippen LogP contribution in [0.1, 0.15) is 11.3 Å². The molecule has 30 heavy (non-hydrogen) atoms. The van der Waals surface area contributed by atoms with Gasteiger partial charge in [0.25, 0.3) is 0 Å². The number of rotatable bonds is 4. The van der Waals surface area contributed by atoms with E-state index < -0.39 is 17.5 Å². The second-order valence-corrected chi connectivity index (χ2v) is 7.43. The molecule has 3 heterocycles. The second-order valence-electron chi connectivity index (χ2n) is 7.43. The molecule has 0 spiro atoms. The monoisotopic (exact) mass is 420 g/mol. The lowest BCUT2D eigenvalue weighted by molar-refractivity contribution is -0.134. The van der Waals surface area contributed by atoms with Gasteiger partial charge in [-0.2, -0.15) is 4.98 Å². The van der Waals surface area contributed by atoms with Gasteiger partial charge in [-0.25, -0.2) is 18.2 Å². The Morgan fingerprint density at radius 2 is 1.90 bits per heavy atom. The van der Waals surface area contributed by atoms with Crippen molar-refractivity contribution in [3.8, 4) is 0 Å². The van der Waals surface area contributed by atoms with Crippen LogP contribution < -0.4 is 15.5 Å². The van der Waals surface area contributed by atoms with E-state index in [1.165, 1.54) is 4.90 Å². The summed E-state index contributed by atoms with van der Waals surface area (Å²) in [5.41, 5.74) is 1.27. The van der Waals surface area contributed by atoms with Crippen LogP contribution in [0.4, 0.5) is 30.6 Å². The number of hydrogen-bond donors (Lipinski definition) is 2. The lowest BCUT2D eigenvalue weighted by atomic mass is 10.1. The second kappa shape index (κ2) is 7.47. The van der Waals surface area contributed by atoms with Gasteiger partial charge in [-0.05, 0) is 24.6 Å². The minimum atomic E-state index is -1.55. The SMILES string of the molecule is Cc1nc(NC2CN(C(=O)Cc3cc(F)c(F)c(F)c3)C2)nc2c1NC(=O)CN2C. The summed E-state index contributed by atoms with van der Waals surface area (Å²) in [6.07, 6.45) is -0.222. The smallest absolute Gasteiger partial charge is 0.244 e. The average Bonchev–Trinajstić information content (AvgIpc) is 2.63. The molecule has 0 atom stereocenters. The molecule has 1 aromatic carbocycles. The average molecular weight is 420 g/mol. The molecule has 0 radical (unpaired) electrons.